The molecule has 0 amide bonds. The highest BCUT2D eigenvalue weighted by atomic mass is 16.5. The summed E-state index contributed by atoms with van der Waals surface area (Å²) in [5.74, 6) is 0.269. The largest absolute Gasteiger partial charge is 0.465 e. The number of carbonyl (C=O) groups is 1. The topological polar surface area (TPSA) is 46.5 Å². The van der Waals surface area contributed by atoms with Crippen molar-refractivity contribution in [2.24, 2.45) is 0 Å². The van der Waals surface area contributed by atoms with Crippen molar-refractivity contribution >= 4 is 33.9 Å². The first-order chi connectivity index (χ1) is 16.0. The Kier molecular flexibility index (Phi) is 5.55. The summed E-state index contributed by atoms with van der Waals surface area (Å²) in [6.07, 6.45) is 4.51. The van der Waals surface area contributed by atoms with Crippen LogP contribution in [0.15, 0.2) is 72.9 Å². The maximum absolute atomic E-state index is 12.4. The summed E-state index contributed by atoms with van der Waals surface area (Å²) in [4.78, 5) is 14.5. The van der Waals surface area contributed by atoms with E-state index in [4.69, 9.17) is 4.74 Å². The second-order valence-electron chi connectivity index (χ2n) is 8.97. The molecule has 1 aliphatic rings. The van der Waals surface area contributed by atoms with Gasteiger partial charge >= 0.3 is 5.97 Å². The van der Waals surface area contributed by atoms with Crippen molar-refractivity contribution in [1.29, 1.82) is 0 Å². The van der Waals surface area contributed by atoms with Gasteiger partial charge in [-0.2, -0.15) is 0 Å². The lowest BCUT2D eigenvalue weighted by molar-refractivity contribution is 0.0602. The van der Waals surface area contributed by atoms with Gasteiger partial charge in [-0.15, -0.1) is 0 Å². The molecule has 1 saturated carbocycles. The highest BCUT2D eigenvalue weighted by Crippen LogP contribution is 2.41. The Balaban J connectivity index is 1.38. The number of anilines is 3. The van der Waals surface area contributed by atoms with Crippen LogP contribution in [0.4, 0.5) is 17.1 Å². The van der Waals surface area contributed by atoms with E-state index >= 15 is 0 Å². The normalized spacial score (nSPS) is 13.2. The average molecular weight is 440 g/mol. The Morgan fingerprint density at radius 3 is 2.52 bits per heavy atom. The number of nitrogens with zero attached hydrogens (tertiary/aromatic N) is 2. The van der Waals surface area contributed by atoms with Crippen molar-refractivity contribution in [3.8, 4) is 0 Å². The molecule has 1 aliphatic carbocycles. The number of methoxy groups -OCH3 is 1. The van der Waals surface area contributed by atoms with E-state index in [1.54, 1.807) is 0 Å². The van der Waals surface area contributed by atoms with E-state index in [2.05, 4.69) is 89.7 Å². The van der Waals surface area contributed by atoms with Gasteiger partial charge in [0.1, 0.15) is 0 Å². The number of hydrogen-bond acceptors (Lipinski definition) is 4. The van der Waals surface area contributed by atoms with Crippen LogP contribution in [-0.4, -0.2) is 31.7 Å². The molecule has 3 aromatic carbocycles. The van der Waals surface area contributed by atoms with Crippen LogP contribution in [0.5, 0.6) is 0 Å². The molecule has 0 aliphatic heterocycles. The third-order valence-electron chi connectivity index (χ3n) is 6.35. The van der Waals surface area contributed by atoms with E-state index in [0.29, 0.717) is 11.5 Å². The quantitative estimate of drug-likeness (QED) is 0.350. The number of ether oxygens (including phenoxy) is 1. The molecule has 0 bridgehead atoms. The molecule has 0 atom stereocenters. The van der Waals surface area contributed by atoms with Gasteiger partial charge in [-0.25, -0.2) is 4.79 Å². The molecule has 0 radical (unpaired) electrons. The van der Waals surface area contributed by atoms with E-state index < -0.39 is 0 Å². The van der Waals surface area contributed by atoms with Crippen molar-refractivity contribution in [2.75, 3.05) is 31.4 Å². The van der Waals surface area contributed by atoms with Gasteiger partial charge in [-0.3, -0.25) is 0 Å². The van der Waals surface area contributed by atoms with Crippen LogP contribution in [0, 0.1) is 0 Å². The van der Waals surface area contributed by atoms with Crippen molar-refractivity contribution < 1.29 is 9.53 Å². The average Bonchev–Trinajstić information content (AvgIpc) is 3.61. The van der Waals surface area contributed by atoms with Crippen molar-refractivity contribution in [3.05, 3.63) is 89.6 Å². The lowest BCUT2D eigenvalue weighted by Gasteiger charge is -2.14. The SMILES string of the molecule is COC(=O)c1cc(C2CC2)ccc1Nc1ccc2c(ccn2Cc2ccc(N(C)C)cc2)c1. The van der Waals surface area contributed by atoms with Crippen LogP contribution in [-0.2, 0) is 11.3 Å². The lowest BCUT2D eigenvalue weighted by Crippen LogP contribution is -2.08. The monoisotopic (exact) mass is 439 g/mol. The van der Waals surface area contributed by atoms with Crippen LogP contribution in [0.2, 0.25) is 0 Å². The first-order valence-electron chi connectivity index (χ1n) is 11.4. The van der Waals surface area contributed by atoms with Crippen LogP contribution in [0.25, 0.3) is 10.9 Å². The first kappa shape index (κ1) is 21.1. The Morgan fingerprint density at radius 1 is 1.03 bits per heavy atom. The fourth-order valence-corrected chi connectivity index (χ4v) is 4.29. The standard InChI is InChI=1S/C28H29N3O2/c1-30(2)24-10-4-19(5-11-24)18-31-15-14-22-16-23(9-13-27(22)31)29-26-12-8-21(20-6-7-20)17-25(26)28(32)33-3/h4-5,8-17,20,29H,6-7,18H2,1-3H3. The van der Waals surface area contributed by atoms with Crippen LogP contribution < -0.4 is 10.2 Å². The second kappa shape index (κ2) is 8.66. The van der Waals surface area contributed by atoms with Gasteiger partial charge in [-0.05, 0) is 78.4 Å². The maximum atomic E-state index is 12.4. The van der Waals surface area contributed by atoms with Crippen molar-refractivity contribution in [2.45, 2.75) is 25.3 Å². The number of carbonyl (C=O) groups excluding carboxylic acids is 1. The number of aromatic nitrogens is 1. The molecule has 0 unspecified atom stereocenters. The van der Waals surface area contributed by atoms with Gasteiger partial charge in [0.2, 0.25) is 0 Å². The molecule has 0 saturated heterocycles. The van der Waals surface area contributed by atoms with Crippen LogP contribution in [0.3, 0.4) is 0 Å². The summed E-state index contributed by atoms with van der Waals surface area (Å²) >= 11 is 0. The number of benzene rings is 3. The fraction of sp³-hybridized carbons (Fsp3) is 0.250. The summed E-state index contributed by atoms with van der Waals surface area (Å²) in [6.45, 7) is 0.819. The molecule has 0 spiro atoms. The molecule has 33 heavy (non-hydrogen) atoms. The molecule has 5 heteroatoms. The van der Waals surface area contributed by atoms with Gasteiger partial charge in [0.25, 0.3) is 0 Å². The molecular formula is C28H29N3O2. The van der Waals surface area contributed by atoms with Gasteiger partial charge < -0.3 is 19.5 Å². The van der Waals surface area contributed by atoms with Crippen molar-refractivity contribution in [3.63, 3.8) is 0 Å². The van der Waals surface area contributed by atoms with Crippen molar-refractivity contribution in [1.82, 2.24) is 4.57 Å². The fourth-order valence-electron chi connectivity index (χ4n) is 4.29. The summed E-state index contributed by atoms with van der Waals surface area (Å²) in [7, 11) is 5.53. The zero-order chi connectivity index (χ0) is 22.9. The predicted octanol–water partition coefficient (Wildman–Crippen LogP) is 6.16. The minimum atomic E-state index is -0.312. The molecular weight excluding hydrogens is 410 g/mol. The molecule has 5 rings (SSSR count). The van der Waals surface area contributed by atoms with E-state index in [9.17, 15) is 4.79 Å². The number of fused-ring (bicyclic) bond motifs is 1. The summed E-state index contributed by atoms with van der Waals surface area (Å²) in [5, 5.41) is 4.58. The Morgan fingerprint density at radius 2 is 1.82 bits per heavy atom. The molecule has 1 N–H and O–H groups in total. The van der Waals surface area contributed by atoms with Gasteiger partial charge in [0.05, 0.1) is 18.4 Å². The number of esters is 1. The second-order valence-corrected chi connectivity index (χ2v) is 8.97. The third-order valence-corrected chi connectivity index (χ3v) is 6.35. The van der Waals surface area contributed by atoms with Gasteiger partial charge in [0, 0.05) is 49.1 Å². The molecule has 5 nitrogen and oxygen atoms in total. The molecule has 1 heterocycles. The number of rotatable bonds is 7. The van der Waals surface area contributed by atoms with E-state index in [1.807, 2.05) is 12.1 Å². The third kappa shape index (κ3) is 4.44. The molecule has 4 aromatic rings. The minimum Gasteiger partial charge on any atom is -0.465 e. The number of hydrogen-bond donors (Lipinski definition) is 1. The summed E-state index contributed by atoms with van der Waals surface area (Å²) < 4.78 is 7.29. The Labute approximate surface area is 194 Å². The molecule has 1 fully saturated rings. The smallest absolute Gasteiger partial charge is 0.339 e. The maximum Gasteiger partial charge on any atom is 0.339 e. The highest BCUT2D eigenvalue weighted by molar-refractivity contribution is 5.97. The molecule has 1 aromatic heterocycles. The van der Waals surface area contributed by atoms with E-state index in [0.717, 1.165) is 23.3 Å². The van der Waals surface area contributed by atoms with Gasteiger partial charge in [0.15, 0.2) is 0 Å². The summed E-state index contributed by atoms with van der Waals surface area (Å²) in [5.41, 5.74) is 7.15. The lowest BCUT2D eigenvalue weighted by atomic mass is 10.0. The highest BCUT2D eigenvalue weighted by Gasteiger charge is 2.25. The predicted molar refractivity (Wildman–Crippen MR) is 135 cm³/mol. The first-order valence-corrected chi connectivity index (χ1v) is 11.4. The van der Waals surface area contributed by atoms with Crippen LogP contribution in [0.1, 0.15) is 40.2 Å². The van der Waals surface area contributed by atoms with E-state index in [-0.39, 0.29) is 5.97 Å². The zero-order valence-electron chi connectivity index (χ0n) is 19.3. The zero-order valence-corrected chi connectivity index (χ0v) is 19.3. The van der Waals surface area contributed by atoms with Gasteiger partial charge in [-0.1, -0.05) is 18.2 Å². The Bertz CT molecular complexity index is 1300. The van der Waals surface area contributed by atoms with E-state index in [1.165, 1.54) is 42.3 Å². The number of nitrogens with one attached hydrogen (secondary N) is 1. The minimum absolute atomic E-state index is 0.312. The molecule has 168 valence electrons. The van der Waals surface area contributed by atoms with Crippen LogP contribution >= 0.6 is 0 Å². The Hall–Kier alpha value is -3.73. The summed E-state index contributed by atoms with van der Waals surface area (Å²) in [6, 6.07) is 23.2.